The molecule has 0 aliphatic rings. The molecule has 0 saturated heterocycles. The zero-order valence-corrected chi connectivity index (χ0v) is 12.6. The number of methoxy groups -OCH3 is 1. The van der Waals surface area contributed by atoms with Crippen molar-refractivity contribution in [3.05, 3.63) is 24.3 Å². The summed E-state index contributed by atoms with van der Waals surface area (Å²) >= 11 is 1.09. The minimum atomic E-state index is -0.556. The normalized spacial score (nSPS) is 12.0. The van der Waals surface area contributed by atoms with Gasteiger partial charge in [-0.05, 0) is 30.8 Å². The SMILES string of the molecule is COc1ccccc1NC(=O)C(C)Sc1c([O-])on[n+]1C. The van der Waals surface area contributed by atoms with E-state index >= 15 is 0 Å². The molecule has 8 heteroatoms. The van der Waals surface area contributed by atoms with Crippen molar-refractivity contribution in [2.75, 3.05) is 12.4 Å². The number of nitrogens with one attached hydrogen (secondary N) is 1. The van der Waals surface area contributed by atoms with Crippen molar-refractivity contribution in [1.82, 2.24) is 5.27 Å². The van der Waals surface area contributed by atoms with Gasteiger partial charge in [-0.2, -0.15) is 0 Å². The van der Waals surface area contributed by atoms with Crippen LogP contribution < -0.4 is 19.8 Å². The van der Waals surface area contributed by atoms with Gasteiger partial charge in [-0.1, -0.05) is 16.8 Å². The highest BCUT2D eigenvalue weighted by Crippen LogP contribution is 2.28. The number of hydrogen-bond donors (Lipinski definition) is 1. The van der Waals surface area contributed by atoms with E-state index in [0.29, 0.717) is 11.4 Å². The number of carbonyl (C=O) groups is 1. The Labute approximate surface area is 125 Å². The Kier molecular flexibility index (Phi) is 4.69. The first kappa shape index (κ1) is 15.2. The van der Waals surface area contributed by atoms with Gasteiger partial charge in [-0.15, -0.1) is 0 Å². The zero-order valence-electron chi connectivity index (χ0n) is 11.8. The Hall–Kier alpha value is -2.22. The van der Waals surface area contributed by atoms with Crippen LogP contribution in [-0.2, 0) is 11.8 Å². The van der Waals surface area contributed by atoms with E-state index in [1.807, 2.05) is 6.07 Å². The first-order valence-corrected chi connectivity index (χ1v) is 7.04. The Morgan fingerprint density at radius 3 is 2.86 bits per heavy atom. The fourth-order valence-corrected chi connectivity index (χ4v) is 2.45. The molecule has 0 spiro atoms. The number of carbonyl (C=O) groups excluding carboxylic acids is 1. The Balaban J connectivity index is 2.06. The minimum Gasteiger partial charge on any atom is -0.538 e. The lowest BCUT2D eigenvalue weighted by Gasteiger charge is -2.12. The maximum atomic E-state index is 12.2. The summed E-state index contributed by atoms with van der Waals surface area (Å²) in [6.07, 6.45) is 0. The van der Waals surface area contributed by atoms with E-state index in [1.54, 1.807) is 32.2 Å². The van der Waals surface area contributed by atoms with Crippen molar-refractivity contribution >= 4 is 23.4 Å². The van der Waals surface area contributed by atoms with Crippen LogP contribution in [0, 0.1) is 0 Å². The van der Waals surface area contributed by atoms with Gasteiger partial charge in [0.1, 0.15) is 5.75 Å². The van der Waals surface area contributed by atoms with Crippen LogP contribution in [0.5, 0.6) is 11.7 Å². The van der Waals surface area contributed by atoms with Gasteiger partial charge in [-0.25, -0.2) is 0 Å². The molecule has 21 heavy (non-hydrogen) atoms. The number of aromatic nitrogens is 2. The molecular formula is C13H15N3O4S. The molecule has 0 fully saturated rings. The molecule has 0 radical (unpaired) electrons. The Morgan fingerprint density at radius 1 is 1.52 bits per heavy atom. The molecule has 1 N–H and O–H groups in total. The minimum absolute atomic E-state index is 0.245. The third-order valence-electron chi connectivity index (χ3n) is 2.74. The van der Waals surface area contributed by atoms with Crippen LogP contribution in [-0.4, -0.2) is 23.5 Å². The molecule has 0 aliphatic carbocycles. The lowest BCUT2D eigenvalue weighted by molar-refractivity contribution is -0.772. The van der Waals surface area contributed by atoms with Gasteiger partial charge >= 0.3 is 0 Å². The summed E-state index contributed by atoms with van der Waals surface area (Å²) in [7, 11) is 3.11. The van der Waals surface area contributed by atoms with E-state index in [9.17, 15) is 9.90 Å². The maximum Gasteiger partial charge on any atom is 0.291 e. The highest BCUT2D eigenvalue weighted by Gasteiger charge is 2.23. The van der Waals surface area contributed by atoms with Gasteiger partial charge in [0.2, 0.25) is 5.91 Å². The van der Waals surface area contributed by atoms with E-state index in [0.717, 1.165) is 11.8 Å². The molecule has 1 unspecified atom stereocenters. The molecule has 1 amide bonds. The molecular weight excluding hydrogens is 294 g/mol. The molecule has 7 nitrogen and oxygen atoms in total. The molecule has 1 aromatic carbocycles. The molecule has 1 heterocycles. The van der Waals surface area contributed by atoms with Crippen LogP contribution >= 0.6 is 11.8 Å². The Morgan fingerprint density at radius 2 is 2.24 bits per heavy atom. The number of aryl methyl sites for hydroxylation is 1. The van der Waals surface area contributed by atoms with E-state index in [1.165, 1.54) is 11.8 Å². The monoisotopic (exact) mass is 309 g/mol. The highest BCUT2D eigenvalue weighted by molar-refractivity contribution is 8.00. The molecule has 2 aromatic rings. The molecule has 1 aromatic heterocycles. The predicted octanol–water partition coefficient (Wildman–Crippen LogP) is 0.701. The summed E-state index contributed by atoms with van der Waals surface area (Å²) in [6.45, 7) is 1.70. The number of benzene rings is 1. The van der Waals surface area contributed by atoms with E-state index in [-0.39, 0.29) is 10.9 Å². The number of para-hydroxylation sites is 2. The van der Waals surface area contributed by atoms with Gasteiger partial charge in [0.05, 0.1) is 23.3 Å². The second kappa shape index (κ2) is 6.49. The van der Waals surface area contributed by atoms with Gasteiger partial charge < -0.3 is 19.7 Å². The van der Waals surface area contributed by atoms with Crippen molar-refractivity contribution in [3.63, 3.8) is 0 Å². The van der Waals surface area contributed by atoms with Crippen molar-refractivity contribution in [1.29, 1.82) is 0 Å². The van der Waals surface area contributed by atoms with Crippen LogP contribution in [0.2, 0.25) is 0 Å². The summed E-state index contributed by atoms with van der Waals surface area (Å²) in [5.41, 5.74) is 0.578. The van der Waals surface area contributed by atoms with E-state index in [2.05, 4.69) is 15.1 Å². The quantitative estimate of drug-likeness (QED) is 0.646. The summed E-state index contributed by atoms with van der Waals surface area (Å²) in [6, 6.07) is 7.11. The highest BCUT2D eigenvalue weighted by atomic mass is 32.2. The topological polar surface area (TPSA) is 91.3 Å². The number of hydrogen-bond acceptors (Lipinski definition) is 6. The van der Waals surface area contributed by atoms with Crippen LogP contribution in [0.1, 0.15) is 6.92 Å². The second-order valence-corrected chi connectivity index (χ2v) is 5.57. The number of rotatable bonds is 5. The van der Waals surface area contributed by atoms with Gasteiger partial charge in [0, 0.05) is 0 Å². The van der Waals surface area contributed by atoms with Gasteiger partial charge in [-0.3, -0.25) is 4.79 Å². The van der Waals surface area contributed by atoms with Gasteiger partial charge in [0.25, 0.3) is 5.03 Å². The van der Waals surface area contributed by atoms with Crippen LogP contribution in [0.15, 0.2) is 33.8 Å². The number of nitrogens with zero attached hydrogens (tertiary/aromatic N) is 2. The summed E-state index contributed by atoms with van der Waals surface area (Å²) < 4.78 is 11.0. The van der Waals surface area contributed by atoms with Crippen LogP contribution in [0.3, 0.4) is 0 Å². The van der Waals surface area contributed by atoms with Crippen LogP contribution in [0.25, 0.3) is 0 Å². The summed E-state index contributed by atoms with van der Waals surface area (Å²) in [5, 5.41) is 17.5. The summed E-state index contributed by atoms with van der Waals surface area (Å²) in [4.78, 5) is 12.2. The average molecular weight is 309 g/mol. The van der Waals surface area contributed by atoms with Crippen molar-refractivity contribution in [2.45, 2.75) is 17.2 Å². The van der Waals surface area contributed by atoms with Crippen molar-refractivity contribution in [2.24, 2.45) is 7.05 Å². The fraction of sp³-hybridized carbons (Fsp3) is 0.308. The summed E-state index contributed by atoms with van der Waals surface area (Å²) in [5.74, 6) is -0.229. The largest absolute Gasteiger partial charge is 0.538 e. The fourth-order valence-electron chi connectivity index (χ4n) is 1.63. The third kappa shape index (κ3) is 3.46. The van der Waals surface area contributed by atoms with Crippen LogP contribution in [0.4, 0.5) is 5.69 Å². The Bertz CT molecular complexity index is 625. The zero-order chi connectivity index (χ0) is 15.4. The van der Waals surface area contributed by atoms with E-state index in [4.69, 9.17) is 4.74 Å². The number of ether oxygens (including phenoxy) is 1. The molecule has 0 aliphatic heterocycles. The lowest BCUT2D eigenvalue weighted by Crippen LogP contribution is -2.33. The van der Waals surface area contributed by atoms with E-state index < -0.39 is 11.2 Å². The van der Waals surface area contributed by atoms with Crippen molar-refractivity contribution < 1.29 is 23.8 Å². The second-order valence-electron chi connectivity index (χ2n) is 4.24. The first-order chi connectivity index (χ1) is 10.0. The molecule has 2 rings (SSSR count). The first-order valence-electron chi connectivity index (χ1n) is 6.16. The molecule has 1 atom stereocenters. The van der Waals surface area contributed by atoms with Gasteiger partial charge in [0.15, 0.2) is 13.0 Å². The molecule has 0 bridgehead atoms. The third-order valence-corrected chi connectivity index (χ3v) is 3.96. The number of amides is 1. The lowest BCUT2D eigenvalue weighted by atomic mass is 10.3. The standard InChI is InChI=1S/C13H15N3O4S/c1-8(21-12-13(18)20-15-16(12)2)11(17)14-9-6-4-5-7-10(9)19-3/h4-8H,1-3H3,(H-,14,15,17,18). The maximum absolute atomic E-state index is 12.2. The smallest absolute Gasteiger partial charge is 0.291 e. The molecule has 112 valence electrons. The predicted molar refractivity (Wildman–Crippen MR) is 74.1 cm³/mol. The average Bonchev–Trinajstić information content (AvgIpc) is 2.79. The molecule has 0 saturated carbocycles. The van der Waals surface area contributed by atoms with Crippen molar-refractivity contribution in [3.8, 4) is 11.7 Å². The number of thioether (sulfide) groups is 1. The number of anilines is 1.